The molecule has 0 saturated carbocycles. The maximum absolute atomic E-state index is 12.3. The first-order valence-corrected chi connectivity index (χ1v) is 11.1. The minimum atomic E-state index is -1.27. The average molecular weight is 500 g/mol. The van der Waals surface area contributed by atoms with E-state index in [9.17, 15) is 14.7 Å². The van der Waals surface area contributed by atoms with Gasteiger partial charge in [0.25, 0.3) is 5.91 Å². The fourth-order valence-corrected chi connectivity index (χ4v) is 3.29. The number of rotatable bonds is 9. The van der Waals surface area contributed by atoms with Crippen molar-refractivity contribution in [1.82, 2.24) is 5.32 Å². The summed E-state index contributed by atoms with van der Waals surface area (Å²) in [7, 11) is 0. The first-order chi connectivity index (χ1) is 16.2. The molecule has 0 aliphatic carbocycles. The number of aliphatic carboxylic acids is 1. The van der Waals surface area contributed by atoms with Crippen LogP contribution in [0.15, 0.2) is 66.4 Å². The number of carboxylic acid groups (broad SMARTS) is 1. The van der Waals surface area contributed by atoms with Gasteiger partial charge in [0.2, 0.25) is 0 Å². The molecular formula is C26H23Cl2NO5. The summed E-state index contributed by atoms with van der Waals surface area (Å²) in [6.45, 7) is 3.70. The number of aryl methyl sites for hydroxylation is 2. The summed E-state index contributed by atoms with van der Waals surface area (Å²) >= 11 is 12.0. The predicted molar refractivity (Wildman–Crippen MR) is 132 cm³/mol. The van der Waals surface area contributed by atoms with Gasteiger partial charge in [0, 0.05) is 10.0 Å². The largest absolute Gasteiger partial charge is 0.489 e. The van der Waals surface area contributed by atoms with Crippen LogP contribution in [0.1, 0.15) is 22.3 Å². The van der Waals surface area contributed by atoms with Gasteiger partial charge in [-0.3, -0.25) is 4.79 Å². The van der Waals surface area contributed by atoms with Crippen LogP contribution in [0.3, 0.4) is 0 Å². The lowest BCUT2D eigenvalue weighted by atomic mass is 10.1. The summed E-state index contributed by atoms with van der Waals surface area (Å²) in [5.74, 6) is -0.768. The molecular weight excluding hydrogens is 477 g/mol. The predicted octanol–water partition coefficient (Wildman–Crippen LogP) is 5.81. The monoisotopic (exact) mass is 499 g/mol. The van der Waals surface area contributed by atoms with Gasteiger partial charge in [0.1, 0.15) is 23.8 Å². The molecule has 0 aliphatic rings. The zero-order chi connectivity index (χ0) is 24.7. The Bertz CT molecular complexity index is 1180. The first-order valence-electron chi connectivity index (χ1n) is 10.3. The van der Waals surface area contributed by atoms with Gasteiger partial charge in [-0.05, 0) is 78.6 Å². The second-order valence-electron chi connectivity index (χ2n) is 7.56. The molecule has 6 nitrogen and oxygen atoms in total. The van der Waals surface area contributed by atoms with Crippen LogP contribution in [0.2, 0.25) is 10.0 Å². The van der Waals surface area contributed by atoms with Gasteiger partial charge in [0.15, 0.2) is 6.61 Å². The number of amides is 1. The molecule has 8 heteroatoms. The van der Waals surface area contributed by atoms with Crippen LogP contribution < -0.4 is 14.8 Å². The van der Waals surface area contributed by atoms with Gasteiger partial charge >= 0.3 is 5.97 Å². The lowest BCUT2D eigenvalue weighted by molar-refractivity contribution is -0.134. The lowest BCUT2D eigenvalue weighted by Crippen LogP contribution is -2.31. The van der Waals surface area contributed by atoms with E-state index >= 15 is 0 Å². The van der Waals surface area contributed by atoms with Crippen LogP contribution in [0.25, 0.3) is 6.08 Å². The molecule has 3 aromatic carbocycles. The standard InChI is InChI=1S/C26H23Cl2NO5/c1-16-11-22(12-17(2)25(16)28)34-15-24(30)29-23(26(31)32)13-18-5-9-21(10-6-18)33-14-19-3-7-20(27)8-4-19/h3-13H,14-15H2,1-2H3,(H,29,30)(H,31,32)/b23-13+. The Kier molecular flexibility index (Phi) is 8.57. The highest BCUT2D eigenvalue weighted by atomic mass is 35.5. The molecule has 0 fully saturated rings. The highest BCUT2D eigenvalue weighted by molar-refractivity contribution is 6.32. The number of benzene rings is 3. The Balaban J connectivity index is 1.58. The van der Waals surface area contributed by atoms with Gasteiger partial charge in [-0.1, -0.05) is 47.5 Å². The molecule has 0 atom stereocenters. The SMILES string of the molecule is Cc1cc(OCC(=O)N/C(=C/c2ccc(OCc3ccc(Cl)cc3)cc2)C(=O)O)cc(C)c1Cl. The van der Waals surface area contributed by atoms with Crippen molar-refractivity contribution in [1.29, 1.82) is 0 Å². The van der Waals surface area contributed by atoms with Crippen LogP contribution >= 0.6 is 23.2 Å². The summed E-state index contributed by atoms with van der Waals surface area (Å²) in [5, 5.41) is 13.1. The van der Waals surface area contributed by atoms with Gasteiger partial charge in [-0.15, -0.1) is 0 Å². The van der Waals surface area contributed by atoms with Gasteiger partial charge in [-0.25, -0.2) is 4.79 Å². The molecule has 176 valence electrons. The maximum Gasteiger partial charge on any atom is 0.352 e. The van der Waals surface area contributed by atoms with E-state index in [1.807, 2.05) is 26.0 Å². The van der Waals surface area contributed by atoms with Crippen molar-refractivity contribution in [3.05, 3.63) is 98.7 Å². The van der Waals surface area contributed by atoms with Gasteiger partial charge in [0.05, 0.1) is 0 Å². The molecule has 3 rings (SSSR count). The smallest absolute Gasteiger partial charge is 0.352 e. The molecule has 0 aromatic heterocycles. The molecule has 0 aliphatic heterocycles. The Labute approximate surface area is 207 Å². The minimum Gasteiger partial charge on any atom is -0.489 e. The molecule has 0 radical (unpaired) electrons. The molecule has 3 aromatic rings. The number of carboxylic acids is 1. The number of ether oxygens (including phenoxy) is 2. The number of carbonyl (C=O) groups is 2. The van der Waals surface area contributed by atoms with Crippen LogP contribution in [0, 0.1) is 13.8 Å². The third-order valence-electron chi connectivity index (χ3n) is 4.79. The highest BCUT2D eigenvalue weighted by Gasteiger charge is 2.13. The van der Waals surface area contributed by atoms with Crippen molar-refractivity contribution in [3.63, 3.8) is 0 Å². The molecule has 2 N–H and O–H groups in total. The Morgan fingerprint density at radius 1 is 0.912 bits per heavy atom. The van der Waals surface area contributed by atoms with Crippen LogP contribution in [-0.4, -0.2) is 23.6 Å². The first kappa shape index (κ1) is 25.1. The van der Waals surface area contributed by atoms with E-state index in [2.05, 4.69) is 5.32 Å². The van der Waals surface area contributed by atoms with Crippen molar-refractivity contribution in [2.24, 2.45) is 0 Å². The zero-order valence-electron chi connectivity index (χ0n) is 18.6. The molecule has 34 heavy (non-hydrogen) atoms. The van der Waals surface area contributed by atoms with Crippen LogP contribution in [0.4, 0.5) is 0 Å². The molecule has 0 unspecified atom stereocenters. The number of nitrogens with one attached hydrogen (secondary N) is 1. The summed E-state index contributed by atoms with van der Waals surface area (Å²) < 4.78 is 11.2. The van der Waals surface area contributed by atoms with Crippen molar-refractivity contribution in [2.45, 2.75) is 20.5 Å². The number of hydrogen-bond donors (Lipinski definition) is 2. The zero-order valence-corrected chi connectivity index (χ0v) is 20.1. The average Bonchev–Trinajstić information content (AvgIpc) is 2.81. The second kappa shape index (κ2) is 11.6. The normalized spacial score (nSPS) is 11.1. The number of halogens is 2. The summed E-state index contributed by atoms with van der Waals surface area (Å²) in [6.07, 6.45) is 1.36. The summed E-state index contributed by atoms with van der Waals surface area (Å²) in [5.41, 5.74) is 2.93. The van der Waals surface area contributed by atoms with E-state index in [-0.39, 0.29) is 12.3 Å². The quantitative estimate of drug-likeness (QED) is 0.363. The topological polar surface area (TPSA) is 84.9 Å². The van der Waals surface area contributed by atoms with Gasteiger partial charge < -0.3 is 19.9 Å². The van der Waals surface area contributed by atoms with Crippen LogP contribution in [0.5, 0.6) is 11.5 Å². The van der Waals surface area contributed by atoms with E-state index in [1.54, 1.807) is 48.5 Å². The van der Waals surface area contributed by atoms with E-state index in [4.69, 9.17) is 32.7 Å². The van der Waals surface area contributed by atoms with E-state index in [0.717, 1.165) is 16.7 Å². The van der Waals surface area contributed by atoms with Crippen molar-refractivity contribution in [2.75, 3.05) is 6.61 Å². The number of hydrogen-bond acceptors (Lipinski definition) is 4. The lowest BCUT2D eigenvalue weighted by Gasteiger charge is -2.11. The molecule has 1 amide bonds. The van der Waals surface area contributed by atoms with Crippen molar-refractivity contribution >= 4 is 41.2 Å². The van der Waals surface area contributed by atoms with Gasteiger partial charge in [-0.2, -0.15) is 0 Å². The van der Waals surface area contributed by atoms with Crippen molar-refractivity contribution in [3.8, 4) is 11.5 Å². The minimum absolute atomic E-state index is 0.271. The molecule has 0 saturated heterocycles. The third-order valence-corrected chi connectivity index (χ3v) is 5.64. The maximum atomic E-state index is 12.3. The van der Waals surface area contributed by atoms with E-state index < -0.39 is 11.9 Å². The summed E-state index contributed by atoms with van der Waals surface area (Å²) in [4.78, 5) is 23.9. The van der Waals surface area contributed by atoms with Crippen molar-refractivity contribution < 1.29 is 24.2 Å². The fourth-order valence-electron chi connectivity index (χ4n) is 3.05. The molecule has 0 heterocycles. The third kappa shape index (κ3) is 7.27. The Morgan fingerprint density at radius 3 is 2.12 bits per heavy atom. The second-order valence-corrected chi connectivity index (χ2v) is 8.37. The Morgan fingerprint density at radius 2 is 1.53 bits per heavy atom. The highest BCUT2D eigenvalue weighted by Crippen LogP contribution is 2.25. The van der Waals surface area contributed by atoms with Crippen LogP contribution in [-0.2, 0) is 16.2 Å². The number of carbonyl (C=O) groups excluding carboxylic acids is 1. The molecule has 0 bridgehead atoms. The summed E-state index contributed by atoms with van der Waals surface area (Å²) in [6, 6.07) is 17.6. The fraction of sp³-hybridized carbons (Fsp3) is 0.154. The van der Waals surface area contributed by atoms with E-state index in [1.165, 1.54) is 6.08 Å². The molecule has 0 spiro atoms. The Hall–Kier alpha value is -3.48. The van der Waals surface area contributed by atoms with E-state index in [0.29, 0.717) is 33.7 Å².